The lowest BCUT2D eigenvalue weighted by molar-refractivity contribution is -0.132. The number of carboxylic acids is 1. The Labute approximate surface area is 259 Å². The summed E-state index contributed by atoms with van der Waals surface area (Å²) in [5, 5.41) is 15.0. The number of aryl methyl sites for hydroxylation is 1. The first-order valence-electron chi connectivity index (χ1n) is 15.1. The van der Waals surface area contributed by atoms with Crippen LogP contribution in [-0.4, -0.2) is 68.8 Å². The topological polar surface area (TPSA) is 130 Å². The average Bonchev–Trinajstić information content (AvgIpc) is 3.09. The number of nitrogens with zero attached hydrogens (tertiary/aromatic N) is 2. The van der Waals surface area contributed by atoms with Gasteiger partial charge in [-0.3, -0.25) is 4.79 Å². The Kier molecular flexibility index (Phi) is 9.03. The van der Waals surface area contributed by atoms with E-state index >= 15 is 0 Å². The maximum atomic E-state index is 13.0. The van der Waals surface area contributed by atoms with Crippen LogP contribution >= 0.6 is 11.6 Å². The molecule has 1 fully saturated rings. The summed E-state index contributed by atoms with van der Waals surface area (Å²) < 4.78 is 30.0. The summed E-state index contributed by atoms with van der Waals surface area (Å²) >= 11 is 6.37. The summed E-state index contributed by atoms with van der Waals surface area (Å²) in [6.07, 6.45) is 5.06. The highest BCUT2D eigenvalue weighted by atomic mass is 35.5. The third-order valence-electron chi connectivity index (χ3n) is 10.1. The standard InChI is InChI=1S/C32H42ClN3O6S/c1-20(21(2)43(34,40)41)13-30(37)35(3)16-24-6-7-25(24)17-36-18-32(12-4-5-22-14-26(33)9-10-27(22)32)19-42-29-11-8-23(31(38)39)15-28(29)36/h8-11,14-15,20-21,24-25H,4-7,12-13,16-19H2,1-3H3,(H,38,39)(H2,34,40,41)/t20-,21-,24+,25+,32?/m1/s1. The summed E-state index contributed by atoms with van der Waals surface area (Å²) in [7, 11) is -1.94. The van der Waals surface area contributed by atoms with Crippen LogP contribution in [-0.2, 0) is 26.7 Å². The molecule has 1 amide bonds. The van der Waals surface area contributed by atoms with Crippen molar-refractivity contribution in [3.63, 3.8) is 0 Å². The summed E-state index contributed by atoms with van der Waals surface area (Å²) in [6, 6.07) is 11.2. The summed E-state index contributed by atoms with van der Waals surface area (Å²) in [6.45, 7) is 5.77. The number of fused-ring (bicyclic) bond motifs is 3. The molecule has 2 aromatic rings. The van der Waals surface area contributed by atoms with E-state index in [-0.39, 0.29) is 35.1 Å². The number of primary sulfonamides is 1. The fourth-order valence-electron chi connectivity index (χ4n) is 7.02. The van der Waals surface area contributed by atoms with Gasteiger partial charge < -0.3 is 19.6 Å². The lowest BCUT2D eigenvalue weighted by Crippen LogP contribution is -2.49. The van der Waals surface area contributed by atoms with Gasteiger partial charge >= 0.3 is 5.97 Å². The van der Waals surface area contributed by atoms with Crippen LogP contribution < -0.4 is 14.8 Å². The Balaban J connectivity index is 1.36. The number of aromatic carboxylic acids is 1. The fourth-order valence-corrected chi connectivity index (χ4v) is 7.96. The van der Waals surface area contributed by atoms with Crippen molar-refractivity contribution in [1.82, 2.24) is 4.90 Å². The van der Waals surface area contributed by atoms with Gasteiger partial charge in [0.2, 0.25) is 15.9 Å². The van der Waals surface area contributed by atoms with Gasteiger partial charge in [0.25, 0.3) is 0 Å². The molecule has 9 nitrogen and oxygen atoms in total. The average molecular weight is 632 g/mol. The predicted molar refractivity (Wildman–Crippen MR) is 167 cm³/mol. The molecule has 0 bridgehead atoms. The molecule has 5 rings (SSSR count). The number of halogens is 1. The van der Waals surface area contributed by atoms with Crippen LogP contribution in [0.3, 0.4) is 0 Å². The smallest absolute Gasteiger partial charge is 0.335 e. The van der Waals surface area contributed by atoms with Crippen molar-refractivity contribution in [3.05, 3.63) is 58.1 Å². The third-order valence-corrected chi connectivity index (χ3v) is 11.8. The van der Waals surface area contributed by atoms with Gasteiger partial charge in [0.1, 0.15) is 5.75 Å². The van der Waals surface area contributed by atoms with E-state index in [2.05, 4.69) is 17.0 Å². The molecule has 1 heterocycles. The second kappa shape index (κ2) is 12.3. The van der Waals surface area contributed by atoms with Crippen LogP contribution in [0.1, 0.15) is 67.4 Å². The van der Waals surface area contributed by atoms with Gasteiger partial charge in [0.15, 0.2) is 0 Å². The molecule has 1 aliphatic heterocycles. The van der Waals surface area contributed by atoms with Crippen molar-refractivity contribution >= 4 is 39.2 Å². The molecule has 3 aliphatic rings. The first-order valence-corrected chi connectivity index (χ1v) is 17.1. The molecule has 3 N–H and O–H groups in total. The normalized spacial score (nSPS) is 24.5. The minimum absolute atomic E-state index is 0.0929. The summed E-state index contributed by atoms with van der Waals surface area (Å²) in [5.41, 5.74) is 3.24. The number of nitrogens with two attached hydrogens (primary N) is 1. The molecule has 5 atom stereocenters. The van der Waals surface area contributed by atoms with E-state index in [1.54, 1.807) is 44.0 Å². The van der Waals surface area contributed by atoms with Gasteiger partial charge in [-0.15, -0.1) is 0 Å². The number of hydrogen-bond donors (Lipinski definition) is 2. The molecule has 43 heavy (non-hydrogen) atoms. The van der Waals surface area contributed by atoms with Crippen LogP contribution in [0.4, 0.5) is 5.69 Å². The Hall–Kier alpha value is -2.82. The fraction of sp³-hybridized carbons (Fsp3) is 0.562. The molecule has 0 saturated heterocycles. The van der Waals surface area contributed by atoms with Gasteiger partial charge in [0, 0.05) is 43.5 Å². The second-order valence-electron chi connectivity index (χ2n) is 12.9. The molecule has 0 radical (unpaired) electrons. The number of rotatable bonds is 9. The zero-order valence-corrected chi connectivity index (χ0v) is 26.7. The first-order chi connectivity index (χ1) is 20.3. The largest absolute Gasteiger partial charge is 0.490 e. The number of amides is 1. The van der Waals surface area contributed by atoms with E-state index in [1.807, 2.05) is 6.07 Å². The lowest BCUT2D eigenvalue weighted by atomic mass is 9.69. The molecule has 1 saturated carbocycles. The van der Waals surface area contributed by atoms with Crippen LogP contribution in [0.2, 0.25) is 5.02 Å². The van der Waals surface area contributed by atoms with Gasteiger partial charge in [-0.05, 0) is 98.2 Å². The van der Waals surface area contributed by atoms with Crippen molar-refractivity contribution in [1.29, 1.82) is 0 Å². The molecule has 2 aliphatic carbocycles. The van der Waals surface area contributed by atoms with E-state index in [1.165, 1.54) is 11.1 Å². The Morgan fingerprint density at radius 2 is 1.93 bits per heavy atom. The molecule has 0 aromatic heterocycles. The van der Waals surface area contributed by atoms with Crippen molar-refractivity contribution in [2.24, 2.45) is 22.9 Å². The molecule has 2 aromatic carbocycles. The van der Waals surface area contributed by atoms with Crippen LogP contribution in [0.25, 0.3) is 0 Å². The zero-order valence-electron chi connectivity index (χ0n) is 25.1. The van der Waals surface area contributed by atoms with Gasteiger partial charge in [-0.25, -0.2) is 18.4 Å². The molecular weight excluding hydrogens is 590 g/mol. The number of anilines is 1. The van der Waals surface area contributed by atoms with Crippen molar-refractivity contribution in [3.8, 4) is 5.75 Å². The molecule has 1 unspecified atom stereocenters. The Morgan fingerprint density at radius 3 is 2.60 bits per heavy atom. The SMILES string of the molecule is C[C@H](CC(=O)N(C)C[C@@H]1CC[C@H]1CN1CC2(CCCc3cc(Cl)ccc32)COc2ccc(C(=O)O)cc21)[C@@H](C)S(N)(=O)=O. The number of hydrogen-bond acceptors (Lipinski definition) is 6. The van der Waals surface area contributed by atoms with Crippen LogP contribution in [0.5, 0.6) is 5.75 Å². The number of benzene rings is 2. The van der Waals surface area contributed by atoms with Crippen LogP contribution in [0, 0.1) is 17.8 Å². The highest BCUT2D eigenvalue weighted by Gasteiger charge is 2.43. The van der Waals surface area contributed by atoms with Gasteiger partial charge in [-0.1, -0.05) is 24.6 Å². The van der Waals surface area contributed by atoms with Crippen LogP contribution in [0.15, 0.2) is 36.4 Å². The Morgan fingerprint density at radius 1 is 1.19 bits per heavy atom. The highest BCUT2D eigenvalue weighted by molar-refractivity contribution is 7.89. The van der Waals surface area contributed by atoms with Crippen molar-refractivity contribution in [2.75, 3.05) is 38.2 Å². The number of carbonyl (C=O) groups is 2. The molecule has 11 heteroatoms. The molecule has 234 valence electrons. The van der Waals surface area contributed by atoms with E-state index in [9.17, 15) is 23.1 Å². The number of carbonyl (C=O) groups excluding carboxylic acids is 1. The van der Waals surface area contributed by atoms with Gasteiger partial charge in [0.05, 0.1) is 23.1 Å². The maximum Gasteiger partial charge on any atom is 0.335 e. The Bertz CT molecular complexity index is 1500. The minimum Gasteiger partial charge on any atom is -0.490 e. The van der Waals surface area contributed by atoms with Gasteiger partial charge in [-0.2, -0.15) is 0 Å². The first kappa shape index (κ1) is 31.6. The predicted octanol–water partition coefficient (Wildman–Crippen LogP) is 4.70. The van der Waals surface area contributed by atoms with Crippen molar-refractivity contribution in [2.45, 2.75) is 63.0 Å². The number of ether oxygens (including phenoxy) is 1. The number of sulfonamides is 1. The monoisotopic (exact) mass is 631 g/mol. The molecular formula is C32H42ClN3O6S. The second-order valence-corrected chi connectivity index (χ2v) is 15.3. The summed E-state index contributed by atoms with van der Waals surface area (Å²) in [4.78, 5) is 29.0. The number of carboxylic acid groups (broad SMARTS) is 1. The van der Waals surface area contributed by atoms with E-state index in [4.69, 9.17) is 21.5 Å². The van der Waals surface area contributed by atoms with E-state index in [0.29, 0.717) is 31.4 Å². The lowest BCUT2D eigenvalue weighted by Gasteiger charge is -2.45. The minimum atomic E-state index is -3.71. The molecule has 1 spiro atoms. The third kappa shape index (κ3) is 6.66. The van der Waals surface area contributed by atoms with E-state index < -0.39 is 21.2 Å². The highest BCUT2D eigenvalue weighted by Crippen LogP contribution is 2.46. The van der Waals surface area contributed by atoms with Crippen molar-refractivity contribution < 1.29 is 27.9 Å². The summed E-state index contributed by atoms with van der Waals surface area (Å²) in [5.74, 6) is -0.186. The quantitative estimate of drug-likeness (QED) is 0.410. The maximum absolute atomic E-state index is 13.0. The zero-order chi connectivity index (χ0) is 31.1. The van der Waals surface area contributed by atoms with E-state index in [0.717, 1.165) is 49.4 Å².